The average Bonchev–Trinajstić information content (AvgIpc) is 2.49. The third-order valence-corrected chi connectivity index (χ3v) is 4.27. The summed E-state index contributed by atoms with van der Waals surface area (Å²) in [4.78, 5) is 11.8. The number of hydrogen-bond acceptors (Lipinski definition) is 3. The summed E-state index contributed by atoms with van der Waals surface area (Å²) in [6.07, 6.45) is 1.40. The highest BCUT2D eigenvalue weighted by molar-refractivity contribution is 9.10. The van der Waals surface area contributed by atoms with E-state index >= 15 is 0 Å². The molecule has 126 valence electrons. The van der Waals surface area contributed by atoms with Crippen LogP contribution in [0, 0.1) is 13.8 Å². The number of amides is 1. The Morgan fingerprint density at radius 3 is 2.42 bits per heavy atom. The zero-order valence-corrected chi connectivity index (χ0v) is 16.2. The highest BCUT2D eigenvalue weighted by Gasteiger charge is 2.08. The second kappa shape index (κ2) is 8.51. The molecule has 2 aromatic rings. The van der Waals surface area contributed by atoms with Crippen molar-refractivity contribution in [1.82, 2.24) is 5.43 Å². The molecular weight excluding hydrogens is 415 g/mol. The van der Waals surface area contributed by atoms with Gasteiger partial charge in [0.05, 0.1) is 16.3 Å². The van der Waals surface area contributed by atoms with Crippen LogP contribution in [0.5, 0.6) is 5.75 Å². The molecule has 0 aliphatic carbocycles. The van der Waals surface area contributed by atoms with Crippen LogP contribution in [0.4, 0.5) is 0 Å². The van der Waals surface area contributed by atoms with Gasteiger partial charge < -0.3 is 4.74 Å². The molecular formula is C17H15BrCl2N2O2. The first-order valence-electron chi connectivity index (χ1n) is 7.04. The lowest BCUT2D eigenvalue weighted by Crippen LogP contribution is -2.25. The molecule has 0 saturated carbocycles. The minimum atomic E-state index is -0.379. The number of benzene rings is 2. The van der Waals surface area contributed by atoms with Gasteiger partial charge in [0.1, 0.15) is 5.75 Å². The van der Waals surface area contributed by atoms with Gasteiger partial charge in [-0.05, 0) is 49.2 Å². The Labute approximate surface area is 158 Å². The summed E-state index contributed by atoms with van der Waals surface area (Å²) < 4.78 is 6.54. The molecule has 0 unspecified atom stereocenters. The van der Waals surface area contributed by atoms with Crippen LogP contribution in [-0.4, -0.2) is 18.7 Å². The zero-order valence-electron chi connectivity index (χ0n) is 13.1. The van der Waals surface area contributed by atoms with Crippen molar-refractivity contribution in [2.75, 3.05) is 6.61 Å². The van der Waals surface area contributed by atoms with E-state index in [0.717, 1.165) is 15.6 Å². The van der Waals surface area contributed by atoms with Crippen LogP contribution in [-0.2, 0) is 4.79 Å². The van der Waals surface area contributed by atoms with Gasteiger partial charge in [-0.3, -0.25) is 4.79 Å². The molecule has 4 nitrogen and oxygen atoms in total. The van der Waals surface area contributed by atoms with E-state index in [-0.39, 0.29) is 12.5 Å². The molecule has 0 saturated heterocycles. The van der Waals surface area contributed by atoms with E-state index in [0.29, 0.717) is 21.4 Å². The molecule has 24 heavy (non-hydrogen) atoms. The van der Waals surface area contributed by atoms with E-state index in [1.165, 1.54) is 6.21 Å². The fourth-order valence-corrected chi connectivity index (χ4v) is 3.28. The lowest BCUT2D eigenvalue weighted by atomic mass is 10.1. The highest BCUT2D eigenvalue weighted by Crippen LogP contribution is 2.27. The van der Waals surface area contributed by atoms with Crippen LogP contribution in [0.2, 0.25) is 10.0 Å². The Bertz CT molecular complexity index is 751. The van der Waals surface area contributed by atoms with E-state index in [9.17, 15) is 4.79 Å². The van der Waals surface area contributed by atoms with Crippen LogP contribution >= 0.6 is 39.1 Å². The van der Waals surface area contributed by atoms with Gasteiger partial charge in [0.25, 0.3) is 5.91 Å². The minimum absolute atomic E-state index is 0.142. The number of nitrogens with one attached hydrogen (secondary N) is 1. The maximum Gasteiger partial charge on any atom is 0.277 e. The van der Waals surface area contributed by atoms with Crippen molar-refractivity contribution in [1.29, 1.82) is 0 Å². The van der Waals surface area contributed by atoms with Gasteiger partial charge in [0.15, 0.2) is 6.61 Å². The predicted molar refractivity (Wildman–Crippen MR) is 101 cm³/mol. The van der Waals surface area contributed by atoms with Crippen LogP contribution in [0.1, 0.15) is 16.7 Å². The Morgan fingerprint density at radius 2 is 1.83 bits per heavy atom. The van der Waals surface area contributed by atoms with E-state index < -0.39 is 0 Å². The fraction of sp³-hybridized carbons (Fsp3) is 0.176. The van der Waals surface area contributed by atoms with Gasteiger partial charge >= 0.3 is 0 Å². The van der Waals surface area contributed by atoms with E-state index in [1.54, 1.807) is 18.2 Å². The van der Waals surface area contributed by atoms with Crippen molar-refractivity contribution in [3.05, 3.63) is 61.5 Å². The molecule has 0 spiro atoms. The Kier molecular flexibility index (Phi) is 6.66. The number of hydrogen-bond donors (Lipinski definition) is 1. The van der Waals surface area contributed by atoms with Gasteiger partial charge in [-0.25, -0.2) is 5.43 Å². The SMILES string of the molecule is Cc1cc(Br)cc(C)c1OCC(=O)N/N=C\c1c(Cl)cccc1Cl. The van der Waals surface area contributed by atoms with E-state index in [1.807, 2.05) is 26.0 Å². The summed E-state index contributed by atoms with van der Waals surface area (Å²) in [5, 5.41) is 4.77. The van der Waals surface area contributed by atoms with Crippen molar-refractivity contribution >= 4 is 51.3 Å². The summed E-state index contributed by atoms with van der Waals surface area (Å²) in [5.41, 5.74) is 4.82. The van der Waals surface area contributed by atoms with Crippen molar-refractivity contribution in [3.63, 3.8) is 0 Å². The molecule has 0 fully saturated rings. The summed E-state index contributed by atoms with van der Waals surface area (Å²) >= 11 is 15.5. The molecule has 0 atom stereocenters. The molecule has 1 N–H and O–H groups in total. The molecule has 0 aliphatic heterocycles. The van der Waals surface area contributed by atoms with Crippen molar-refractivity contribution in [2.45, 2.75) is 13.8 Å². The normalized spacial score (nSPS) is 10.9. The number of rotatable bonds is 5. The van der Waals surface area contributed by atoms with Crippen LogP contribution < -0.4 is 10.2 Å². The number of ether oxygens (including phenoxy) is 1. The first-order chi connectivity index (χ1) is 11.4. The second-order valence-corrected chi connectivity index (χ2v) is 6.82. The molecule has 1 amide bonds. The smallest absolute Gasteiger partial charge is 0.277 e. The average molecular weight is 430 g/mol. The van der Waals surface area contributed by atoms with Crippen molar-refractivity contribution < 1.29 is 9.53 Å². The number of hydrazone groups is 1. The number of nitrogens with zero attached hydrogens (tertiary/aromatic N) is 1. The van der Waals surface area contributed by atoms with Gasteiger partial charge in [0.2, 0.25) is 0 Å². The molecule has 0 heterocycles. The quantitative estimate of drug-likeness (QED) is 0.542. The standard InChI is InChI=1S/C17H15BrCl2N2O2/c1-10-6-12(18)7-11(2)17(10)24-9-16(23)22-21-8-13-14(19)4-3-5-15(13)20/h3-8H,9H2,1-2H3,(H,22,23)/b21-8-. The van der Waals surface area contributed by atoms with E-state index in [4.69, 9.17) is 27.9 Å². The minimum Gasteiger partial charge on any atom is -0.483 e. The second-order valence-electron chi connectivity index (χ2n) is 5.09. The maximum atomic E-state index is 11.8. The Morgan fingerprint density at radius 1 is 1.25 bits per heavy atom. The monoisotopic (exact) mass is 428 g/mol. The lowest BCUT2D eigenvalue weighted by Gasteiger charge is -2.11. The molecule has 2 aromatic carbocycles. The molecule has 0 aromatic heterocycles. The molecule has 0 bridgehead atoms. The number of aryl methyl sites for hydroxylation is 2. The van der Waals surface area contributed by atoms with Gasteiger partial charge in [0, 0.05) is 10.0 Å². The topological polar surface area (TPSA) is 50.7 Å². The lowest BCUT2D eigenvalue weighted by molar-refractivity contribution is -0.123. The first-order valence-corrected chi connectivity index (χ1v) is 8.59. The van der Waals surface area contributed by atoms with Gasteiger partial charge in [-0.15, -0.1) is 0 Å². The predicted octanol–water partition coefficient (Wildman–Crippen LogP) is 4.90. The highest BCUT2D eigenvalue weighted by atomic mass is 79.9. The van der Waals surface area contributed by atoms with Crippen molar-refractivity contribution in [3.8, 4) is 5.75 Å². The molecule has 7 heteroatoms. The number of carbonyl (C=O) groups excluding carboxylic acids is 1. The molecule has 0 radical (unpaired) electrons. The zero-order chi connectivity index (χ0) is 17.7. The van der Waals surface area contributed by atoms with E-state index in [2.05, 4.69) is 26.5 Å². The third-order valence-electron chi connectivity index (χ3n) is 3.16. The third kappa shape index (κ3) is 4.97. The Balaban J connectivity index is 1.94. The summed E-state index contributed by atoms with van der Waals surface area (Å²) in [7, 11) is 0. The molecule has 2 rings (SSSR count). The summed E-state index contributed by atoms with van der Waals surface area (Å²) in [6, 6.07) is 8.98. The number of carbonyl (C=O) groups is 1. The molecule has 0 aliphatic rings. The summed E-state index contributed by atoms with van der Waals surface area (Å²) in [6.45, 7) is 3.70. The van der Waals surface area contributed by atoms with Crippen molar-refractivity contribution in [2.24, 2.45) is 5.10 Å². The maximum absolute atomic E-state index is 11.8. The van der Waals surface area contributed by atoms with Crippen LogP contribution in [0.3, 0.4) is 0 Å². The Hall–Kier alpha value is -1.56. The first kappa shape index (κ1) is 18.8. The largest absolute Gasteiger partial charge is 0.483 e. The van der Waals surface area contributed by atoms with Crippen LogP contribution in [0.15, 0.2) is 39.9 Å². The number of halogens is 3. The van der Waals surface area contributed by atoms with Crippen LogP contribution in [0.25, 0.3) is 0 Å². The summed E-state index contributed by atoms with van der Waals surface area (Å²) in [5.74, 6) is 0.308. The van der Waals surface area contributed by atoms with Gasteiger partial charge in [-0.1, -0.05) is 45.2 Å². The van der Waals surface area contributed by atoms with Gasteiger partial charge in [-0.2, -0.15) is 5.10 Å². The fourth-order valence-electron chi connectivity index (χ4n) is 2.10.